The maximum atomic E-state index is 12.8. The zero-order valence-electron chi connectivity index (χ0n) is 18.4. The molecule has 170 valence electrons. The maximum absolute atomic E-state index is 12.8. The van der Waals surface area contributed by atoms with E-state index in [1.165, 1.54) is 26.4 Å². The lowest BCUT2D eigenvalue weighted by Crippen LogP contribution is -2.22. The lowest BCUT2D eigenvalue weighted by atomic mass is 10.1. The van der Waals surface area contributed by atoms with Crippen molar-refractivity contribution >= 4 is 40.9 Å². The molecule has 0 aromatic heterocycles. The van der Waals surface area contributed by atoms with Crippen molar-refractivity contribution in [2.24, 2.45) is 11.8 Å². The number of hydrogen-bond donors (Lipinski definition) is 2. The Morgan fingerprint density at radius 1 is 1.03 bits per heavy atom. The van der Waals surface area contributed by atoms with Crippen molar-refractivity contribution < 1.29 is 28.6 Å². The molecule has 0 saturated heterocycles. The van der Waals surface area contributed by atoms with Crippen LogP contribution in [0.5, 0.6) is 11.5 Å². The third-order valence-corrected chi connectivity index (χ3v) is 5.90. The molecule has 0 bridgehead atoms. The normalized spacial score (nSPS) is 16.6. The quantitative estimate of drug-likeness (QED) is 0.435. The van der Waals surface area contributed by atoms with E-state index in [4.69, 9.17) is 14.2 Å². The summed E-state index contributed by atoms with van der Waals surface area (Å²) in [6.45, 7) is 1.51. The largest absolute Gasteiger partial charge is 0.493 e. The SMILES string of the molecule is COc1cc(NC(=O)C2CC2C)c(C(=O)OCC(=O)Nc2ccc(SC)cc2)cc1OC. The van der Waals surface area contributed by atoms with Crippen LogP contribution in [0, 0.1) is 11.8 Å². The second-order valence-electron chi connectivity index (χ2n) is 7.41. The number of benzene rings is 2. The fourth-order valence-electron chi connectivity index (χ4n) is 3.14. The van der Waals surface area contributed by atoms with E-state index in [9.17, 15) is 14.4 Å². The molecule has 2 unspecified atom stereocenters. The molecule has 0 heterocycles. The van der Waals surface area contributed by atoms with Gasteiger partial charge in [-0.05, 0) is 42.9 Å². The summed E-state index contributed by atoms with van der Waals surface area (Å²) in [5, 5.41) is 5.45. The molecule has 8 nitrogen and oxygen atoms in total. The van der Waals surface area contributed by atoms with Gasteiger partial charge in [0.25, 0.3) is 5.91 Å². The van der Waals surface area contributed by atoms with Crippen LogP contribution in [0.15, 0.2) is 41.3 Å². The predicted octanol–water partition coefficient (Wildman–Crippen LogP) is 3.82. The van der Waals surface area contributed by atoms with Crippen LogP contribution >= 0.6 is 11.8 Å². The minimum atomic E-state index is -0.766. The van der Waals surface area contributed by atoms with Crippen LogP contribution in [0.4, 0.5) is 11.4 Å². The van der Waals surface area contributed by atoms with E-state index in [1.807, 2.05) is 25.3 Å². The van der Waals surface area contributed by atoms with Crippen LogP contribution in [-0.4, -0.2) is 44.9 Å². The zero-order chi connectivity index (χ0) is 23.3. The van der Waals surface area contributed by atoms with Crippen molar-refractivity contribution in [3.8, 4) is 11.5 Å². The summed E-state index contributed by atoms with van der Waals surface area (Å²) < 4.78 is 15.7. The fourth-order valence-corrected chi connectivity index (χ4v) is 3.55. The number of carbonyl (C=O) groups is 3. The van der Waals surface area contributed by atoms with Crippen LogP contribution in [0.1, 0.15) is 23.7 Å². The molecule has 32 heavy (non-hydrogen) atoms. The topological polar surface area (TPSA) is 103 Å². The summed E-state index contributed by atoms with van der Waals surface area (Å²) in [7, 11) is 2.90. The monoisotopic (exact) mass is 458 g/mol. The molecule has 3 rings (SSSR count). The first kappa shape index (κ1) is 23.5. The van der Waals surface area contributed by atoms with Gasteiger partial charge in [-0.2, -0.15) is 0 Å². The van der Waals surface area contributed by atoms with Crippen molar-refractivity contribution in [2.45, 2.75) is 18.2 Å². The first-order chi connectivity index (χ1) is 15.4. The summed E-state index contributed by atoms with van der Waals surface area (Å²) in [5.74, 6) is -0.545. The van der Waals surface area contributed by atoms with E-state index in [0.717, 1.165) is 11.3 Å². The molecule has 1 fully saturated rings. The van der Waals surface area contributed by atoms with E-state index in [0.29, 0.717) is 23.1 Å². The number of thioether (sulfide) groups is 1. The van der Waals surface area contributed by atoms with Crippen molar-refractivity contribution in [1.82, 2.24) is 0 Å². The van der Waals surface area contributed by atoms with Gasteiger partial charge in [0.15, 0.2) is 18.1 Å². The van der Waals surface area contributed by atoms with E-state index >= 15 is 0 Å². The fraction of sp³-hybridized carbons (Fsp3) is 0.348. The molecular formula is C23H26N2O6S. The number of anilines is 2. The Bertz CT molecular complexity index is 1010. The molecule has 0 spiro atoms. The average Bonchev–Trinajstić information content (AvgIpc) is 3.54. The predicted molar refractivity (Wildman–Crippen MR) is 123 cm³/mol. The highest BCUT2D eigenvalue weighted by Gasteiger charge is 2.39. The number of nitrogens with one attached hydrogen (secondary N) is 2. The second-order valence-corrected chi connectivity index (χ2v) is 8.29. The van der Waals surface area contributed by atoms with Crippen molar-refractivity contribution in [3.63, 3.8) is 0 Å². The number of carbonyl (C=O) groups excluding carboxylic acids is 3. The minimum absolute atomic E-state index is 0.0708. The number of rotatable bonds is 9. The van der Waals surface area contributed by atoms with Crippen LogP contribution < -0.4 is 20.1 Å². The highest BCUT2D eigenvalue weighted by molar-refractivity contribution is 7.98. The van der Waals surface area contributed by atoms with Crippen LogP contribution in [0.2, 0.25) is 0 Å². The molecule has 1 aliphatic carbocycles. The molecule has 1 saturated carbocycles. The molecule has 9 heteroatoms. The lowest BCUT2D eigenvalue weighted by molar-refractivity contribution is -0.119. The Labute approximate surface area is 191 Å². The van der Waals surface area contributed by atoms with Gasteiger partial charge in [0.05, 0.1) is 25.5 Å². The Kier molecular flexibility index (Phi) is 7.63. The van der Waals surface area contributed by atoms with Crippen LogP contribution in [0.25, 0.3) is 0 Å². The van der Waals surface area contributed by atoms with Gasteiger partial charge in [-0.15, -0.1) is 11.8 Å². The van der Waals surface area contributed by atoms with Gasteiger partial charge in [-0.3, -0.25) is 9.59 Å². The van der Waals surface area contributed by atoms with E-state index in [1.54, 1.807) is 23.9 Å². The minimum Gasteiger partial charge on any atom is -0.493 e. The Hall–Kier alpha value is -3.20. The number of esters is 1. The highest BCUT2D eigenvalue weighted by atomic mass is 32.2. The lowest BCUT2D eigenvalue weighted by Gasteiger charge is -2.15. The first-order valence-corrected chi connectivity index (χ1v) is 11.3. The van der Waals surface area contributed by atoms with Gasteiger partial charge in [0, 0.05) is 28.6 Å². The van der Waals surface area contributed by atoms with Gasteiger partial charge in [-0.1, -0.05) is 6.92 Å². The zero-order valence-corrected chi connectivity index (χ0v) is 19.2. The summed E-state index contributed by atoms with van der Waals surface area (Å²) in [4.78, 5) is 38.5. The Balaban J connectivity index is 1.70. The number of hydrogen-bond acceptors (Lipinski definition) is 7. The number of methoxy groups -OCH3 is 2. The van der Waals surface area contributed by atoms with Crippen LogP contribution in [0.3, 0.4) is 0 Å². The number of amides is 2. The van der Waals surface area contributed by atoms with Gasteiger partial charge >= 0.3 is 5.97 Å². The molecule has 2 atom stereocenters. The molecule has 0 radical (unpaired) electrons. The average molecular weight is 459 g/mol. The Morgan fingerprint density at radius 2 is 1.66 bits per heavy atom. The third kappa shape index (κ3) is 5.73. The van der Waals surface area contributed by atoms with Gasteiger partial charge < -0.3 is 24.8 Å². The molecule has 2 aromatic rings. The molecule has 1 aliphatic rings. The van der Waals surface area contributed by atoms with Gasteiger partial charge in [-0.25, -0.2) is 4.79 Å². The maximum Gasteiger partial charge on any atom is 0.340 e. The molecule has 2 aromatic carbocycles. The highest BCUT2D eigenvalue weighted by Crippen LogP contribution is 2.40. The van der Waals surface area contributed by atoms with Gasteiger partial charge in [0.2, 0.25) is 5.91 Å². The second kappa shape index (κ2) is 10.4. The molecular weight excluding hydrogens is 432 g/mol. The third-order valence-electron chi connectivity index (χ3n) is 5.16. The number of ether oxygens (including phenoxy) is 3. The summed E-state index contributed by atoms with van der Waals surface area (Å²) in [6, 6.07) is 10.2. The van der Waals surface area contributed by atoms with Gasteiger partial charge in [0.1, 0.15) is 0 Å². The van der Waals surface area contributed by atoms with E-state index in [-0.39, 0.29) is 23.1 Å². The first-order valence-electron chi connectivity index (χ1n) is 10.0. The smallest absolute Gasteiger partial charge is 0.340 e. The van der Waals surface area contributed by atoms with Crippen molar-refractivity contribution in [3.05, 3.63) is 42.0 Å². The summed E-state index contributed by atoms with van der Waals surface area (Å²) in [5.41, 5.74) is 0.910. The van der Waals surface area contributed by atoms with E-state index < -0.39 is 18.5 Å². The van der Waals surface area contributed by atoms with E-state index in [2.05, 4.69) is 10.6 Å². The molecule has 0 aliphatic heterocycles. The molecule has 2 amide bonds. The standard InChI is InChI=1S/C23H26N2O6S/c1-13-9-16(13)22(27)25-18-11-20(30-3)19(29-2)10-17(18)23(28)31-12-21(26)24-14-5-7-15(32-4)8-6-14/h5-8,10-11,13,16H,9,12H2,1-4H3,(H,24,26)(H,25,27). The summed E-state index contributed by atoms with van der Waals surface area (Å²) >= 11 is 1.59. The van der Waals surface area contributed by atoms with Crippen LogP contribution in [-0.2, 0) is 14.3 Å². The Morgan fingerprint density at radius 3 is 2.22 bits per heavy atom. The van der Waals surface area contributed by atoms with Crippen molar-refractivity contribution in [2.75, 3.05) is 37.7 Å². The van der Waals surface area contributed by atoms with Crippen molar-refractivity contribution in [1.29, 1.82) is 0 Å². The molecule has 2 N–H and O–H groups in total. The summed E-state index contributed by atoms with van der Waals surface area (Å²) in [6.07, 6.45) is 2.76.